The molecule has 78 valence electrons. The summed E-state index contributed by atoms with van der Waals surface area (Å²) in [6.07, 6.45) is 4.47. The molecule has 1 aromatic heterocycles. The van der Waals surface area contributed by atoms with E-state index in [1.165, 1.54) is 0 Å². The lowest BCUT2D eigenvalue weighted by atomic mass is 10.0. The number of methoxy groups -OCH3 is 1. The number of hydrogen-bond donors (Lipinski definition) is 0. The molecule has 0 spiro atoms. The summed E-state index contributed by atoms with van der Waals surface area (Å²) in [4.78, 5) is 8.86. The van der Waals surface area contributed by atoms with Crippen molar-refractivity contribution in [2.45, 2.75) is 31.0 Å². The largest absolute Gasteiger partial charge is 0.480 e. The molecule has 0 saturated carbocycles. The van der Waals surface area contributed by atoms with Gasteiger partial charge in [0.15, 0.2) is 0 Å². The summed E-state index contributed by atoms with van der Waals surface area (Å²) < 4.78 is 5.03. The van der Waals surface area contributed by atoms with Crippen LogP contribution in [0.15, 0.2) is 12.4 Å². The molecule has 0 aliphatic heterocycles. The highest BCUT2D eigenvalue weighted by molar-refractivity contribution is 9.09. The topological polar surface area (TPSA) is 35.0 Å². The zero-order chi connectivity index (χ0) is 10.6. The van der Waals surface area contributed by atoms with Crippen LogP contribution in [0.2, 0.25) is 0 Å². The van der Waals surface area contributed by atoms with Crippen molar-refractivity contribution < 1.29 is 4.74 Å². The van der Waals surface area contributed by atoms with E-state index in [9.17, 15) is 0 Å². The van der Waals surface area contributed by atoms with Gasteiger partial charge < -0.3 is 4.74 Å². The van der Waals surface area contributed by atoms with Crippen molar-refractivity contribution in [2.24, 2.45) is 0 Å². The fourth-order valence-electron chi connectivity index (χ4n) is 1.22. The number of rotatable bonds is 4. The first-order valence-electron chi connectivity index (χ1n) is 4.69. The van der Waals surface area contributed by atoms with Crippen molar-refractivity contribution in [1.29, 1.82) is 0 Å². The predicted molar refractivity (Wildman–Crippen MR) is 60.0 cm³/mol. The Morgan fingerprint density at radius 1 is 1.50 bits per heavy atom. The third-order valence-corrected chi connectivity index (χ3v) is 3.68. The molecule has 14 heavy (non-hydrogen) atoms. The standard InChI is InChI=1S/C10H15BrN2O/c1-4-8(11)7(2)9-5-12-6-10(13-9)14-3/h5-8H,4H2,1-3H3. The lowest BCUT2D eigenvalue weighted by Gasteiger charge is -2.15. The van der Waals surface area contributed by atoms with Crippen LogP contribution in [0.1, 0.15) is 31.9 Å². The Morgan fingerprint density at radius 2 is 2.21 bits per heavy atom. The van der Waals surface area contributed by atoms with Gasteiger partial charge >= 0.3 is 0 Å². The van der Waals surface area contributed by atoms with E-state index in [0.29, 0.717) is 16.6 Å². The second-order valence-electron chi connectivity index (χ2n) is 3.20. The fourth-order valence-corrected chi connectivity index (χ4v) is 1.49. The van der Waals surface area contributed by atoms with Crippen molar-refractivity contribution in [3.63, 3.8) is 0 Å². The van der Waals surface area contributed by atoms with Gasteiger partial charge in [-0.3, -0.25) is 4.98 Å². The second-order valence-corrected chi connectivity index (χ2v) is 4.38. The Hall–Kier alpha value is -0.640. The Labute approximate surface area is 93.0 Å². The van der Waals surface area contributed by atoms with Crippen molar-refractivity contribution >= 4 is 15.9 Å². The maximum Gasteiger partial charge on any atom is 0.232 e. The van der Waals surface area contributed by atoms with E-state index in [2.05, 4.69) is 39.7 Å². The van der Waals surface area contributed by atoms with E-state index >= 15 is 0 Å². The van der Waals surface area contributed by atoms with Gasteiger partial charge in [-0.2, -0.15) is 0 Å². The van der Waals surface area contributed by atoms with E-state index in [-0.39, 0.29) is 0 Å². The smallest absolute Gasteiger partial charge is 0.232 e. The molecule has 0 aliphatic carbocycles. The van der Waals surface area contributed by atoms with Gasteiger partial charge in [0.1, 0.15) is 0 Å². The van der Waals surface area contributed by atoms with Crippen molar-refractivity contribution in [1.82, 2.24) is 9.97 Å². The lowest BCUT2D eigenvalue weighted by molar-refractivity contribution is 0.392. The van der Waals surface area contributed by atoms with Gasteiger partial charge in [0.05, 0.1) is 19.0 Å². The molecule has 1 rings (SSSR count). The molecule has 2 atom stereocenters. The number of alkyl halides is 1. The van der Waals surface area contributed by atoms with Crippen molar-refractivity contribution in [3.05, 3.63) is 18.1 Å². The van der Waals surface area contributed by atoms with Gasteiger partial charge in [-0.05, 0) is 6.42 Å². The molecule has 0 N–H and O–H groups in total. The third-order valence-electron chi connectivity index (χ3n) is 2.24. The summed E-state index contributed by atoms with van der Waals surface area (Å²) in [6.45, 7) is 4.27. The van der Waals surface area contributed by atoms with Gasteiger partial charge in [0.25, 0.3) is 0 Å². The molecule has 0 fully saturated rings. The molecule has 3 nitrogen and oxygen atoms in total. The quantitative estimate of drug-likeness (QED) is 0.780. The molecule has 4 heteroatoms. The highest BCUT2D eigenvalue weighted by Crippen LogP contribution is 2.25. The molecular weight excluding hydrogens is 244 g/mol. The Morgan fingerprint density at radius 3 is 2.79 bits per heavy atom. The van der Waals surface area contributed by atoms with Gasteiger partial charge in [-0.15, -0.1) is 0 Å². The number of ether oxygens (including phenoxy) is 1. The Kier molecular flexibility index (Phi) is 4.32. The zero-order valence-electron chi connectivity index (χ0n) is 8.70. The van der Waals surface area contributed by atoms with Crippen LogP contribution in [-0.4, -0.2) is 21.9 Å². The molecule has 0 saturated heterocycles. The average Bonchev–Trinajstić information content (AvgIpc) is 2.27. The molecule has 1 heterocycles. The van der Waals surface area contributed by atoms with E-state index in [1.807, 2.05) is 0 Å². The summed E-state index contributed by atoms with van der Waals surface area (Å²) >= 11 is 3.62. The summed E-state index contributed by atoms with van der Waals surface area (Å²) in [5, 5.41) is 0. The number of aromatic nitrogens is 2. The van der Waals surface area contributed by atoms with Crippen LogP contribution in [0.5, 0.6) is 5.88 Å². The highest BCUT2D eigenvalue weighted by Gasteiger charge is 2.16. The zero-order valence-corrected chi connectivity index (χ0v) is 10.3. The molecule has 0 radical (unpaired) electrons. The van der Waals surface area contributed by atoms with Crippen molar-refractivity contribution in [2.75, 3.05) is 7.11 Å². The first kappa shape index (κ1) is 11.4. The maximum atomic E-state index is 5.03. The summed E-state index contributed by atoms with van der Waals surface area (Å²) in [7, 11) is 1.60. The molecular formula is C10H15BrN2O. The van der Waals surface area contributed by atoms with E-state index in [0.717, 1.165) is 12.1 Å². The third kappa shape index (κ3) is 2.67. The molecule has 0 bridgehead atoms. The van der Waals surface area contributed by atoms with E-state index in [4.69, 9.17) is 4.74 Å². The van der Waals surface area contributed by atoms with Gasteiger partial charge in [0, 0.05) is 16.9 Å². The van der Waals surface area contributed by atoms with Crippen LogP contribution >= 0.6 is 15.9 Å². The van der Waals surface area contributed by atoms with Crippen LogP contribution in [0.25, 0.3) is 0 Å². The SMILES string of the molecule is CCC(Br)C(C)c1cncc(OC)n1. The van der Waals surface area contributed by atoms with Gasteiger partial charge in [-0.1, -0.05) is 29.8 Å². The minimum absolute atomic E-state index is 0.350. The van der Waals surface area contributed by atoms with Crippen LogP contribution in [0, 0.1) is 0 Å². The molecule has 2 unspecified atom stereocenters. The summed E-state index contributed by atoms with van der Waals surface area (Å²) in [5.74, 6) is 0.924. The first-order chi connectivity index (χ1) is 6.69. The van der Waals surface area contributed by atoms with Gasteiger partial charge in [0.2, 0.25) is 5.88 Å². The van der Waals surface area contributed by atoms with Crippen LogP contribution < -0.4 is 4.74 Å². The number of hydrogen-bond acceptors (Lipinski definition) is 3. The summed E-state index contributed by atoms with van der Waals surface area (Å²) in [6, 6.07) is 0. The highest BCUT2D eigenvalue weighted by atomic mass is 79.9. The Balaban J connectivity index is 2.83. The van der Waals surface area contributed by atoms with Gasteiger partial charge in [-0.25, -0.2) is 4.98 Å². The monoisotopic (exact) mass is 258 g/mol. The normalized spacial score (nSPS) is 14.9. The predicted octanol–water partition coefficient (Wildman–Crippen LogP) is 2.76. The minimum Gasteiger partial charge on any atom is -0.480 e. The average molecular weight is 259 g/mol. The molecule has 1 aromatic rings. The van der Waals surface area contributed by atoms with Crippen LogP contribution in [-0.2, 0) is 0 Å². The molecule has 0 aliphatic rings. The van der Waals surface area contributed by atoms with Crippen LogP contribution in [0.3, 0.4) is 0 Å². The number of nitrogens with zero attached hydrogens (tertiary/aromatic N) is 2. The minimum atomic E-state index is 0.350. The van der Waals surface area contributed by atoms with Crippen molar-refractivity contribution in [3.8, 4) is 5.88 Å². The first-order valence-corrected chi connectivity index (χ1v) is 5.60. The van der Waals surface area contributed by atoms with E-state index in [1.54, 1.807) is 19.5 Å². The Bertz CT molecular complexity index is 293. The lowest BCUT2D eigenvalue weighted by Crippen LogP contribution is -2.10. The van der Waals surface area contributed by atoms with Crippen LogP contribution in [0.4, 0.5) is 0 Å². The molecule has 0 amide bonds. The van der Waals surface area contributed by atoms with E-state index < -0.39 is 0 Å². The molecule has 0 aromatic carbocycles. The fraction of sp³-hybridized carbons (Fsp3) is 0.600. The summed E-state index contributed by atoms with van der Waals surface area (Å²) in [5.41, 5.74) is 0.966. The second kappa shape index (κ2) is 5.29. The number of halogens is 1. The maximum absolute atomic E-state index is 5.03.